The number of halogens is 2. The molecular formula is C8H5F2NO5. The van der Waals surface area contributed by atoms with Gasteiger partial charge in [-0.3, -0.25) is 10.1 Å². The molecule has 0 heterocycles. The van der Waals surface area contributed by atoms with Crippen LogP contribution in [-0.2, 0) is 0 Å². The lowest BCUT2D eigenvalue weighted by Crippen LogP contribution is -2.06. The highest BCUT2D eigenvalue weighted by atomic mass is 19.3. The number of alkyl halides is 2. The lowest BCUT2D eigenvalue weighted by molar-refractivity contribution is -0.386. The van der Waals surface area contributed by atoms with E-state index in [2.05, 4.69) is 4.74 Å². The van der Waals surface area contributed by atoms with Gasteiger partial charge in [0, 0.05) is 12.1 Å². The van der Waals surface area contributed by atoms with Gasteiger partial charge in [-0.15, -0.1) is 0 Å². The number of aromatic carboxylic acids is 1. The third-order valence-electron chi connectivity index (χ3n) is 1.62. The predicted molar refractivity (Wildman–Crippen MR) is 46.7 cm³/mol. The topological polar surface area (TPSA) is 89.7 Å². The average Bonchev–Trinajstić information content (AvgIpc) is 2.15. The van der Waals surface area contributed by atoms with Gasteiger partial charge in [0.2, 0.25) is 5.75 Å². The minimum atomic E-state index is -3.26. The molecule has 0 radical (unpaired) electrons. The molecule has 0 unspecified atom stereocenters. The highest BCUT2D eigenvalue weighted by Crippen LogP contribution is 2.29. The van der Waals surface area contributed by atoms with Crippen LogP contribution < -0.4 is 4.74 Å². The van der Waals surface area contributed by atoms with E-state index in [-0.39, 0.29) is 5.56 Å². The second-order valence-electron chi connectivity index (χ2n) is 2.62. The Kier molecular flexibility index (Phi) is 3.33. The number of hydrogen-bond acceptors (Lipinski definition) is 4. The molecule has 86 valence electrons. The number of hydrogen-bond donors (Lipinski definition) is 1. The van der Waals surface area contributed by atoms with Gasteiger partial charge in [-0.2, -0.15) is 8.78 Å². The summed E-state index contributed by atoms with van der Waals surface area (Å²) in [5.74, 6) is -2.17. The smallest absolute Gasteiger partial charge is 0.387 e. The summed E-state index contributed by atoms with van der Waals surface area (Å²) >= 11 is 0. The van der Waals surface area contributed by atoms with Crippen molar-refractivity contribution >= 4 is 11.7 Å². The van der Waals surface area contributed by atoms with Crippen LogP contribution in [0.1, 0.15) is 10.4 Å². The Morgan fingerprint density at radius 1 is 1.50 bits per heavy atom. The maximum Gasteiger partial charge on any atom is 0.387 e. The second kappa shape index (κ2) is 4.51. The summed E-state index contributed by atoms with van der Waals surface area (Å²) in [6.07, 6.45) is 0. The van der Waals surface area contributed by atoms with Crippen molar-refractivity contribution in [2.45, 2.75) is 6.61 Å². The summed E-state index contributed by atoms with van der Waals surface area (Å²) in [5.41, 5.74) is -1.09. The molecule has 6 nitrogen and oxygen atoms in total. The van der Waals surface area contributed by atoms with Crippen molar-refractivity contribution in [3.63, 3.8) is 0 Å². The van der Waals surface area contributed by atoms with Crippen LogP contribution in [0.4, 0.5) is 14.5 Å². The molecule has 0 saturated heterocycles. The molecule has 0 aliphatic rings. The van der Waals surface area contributed by atoms with E-state index in [1.165, 1.54) is 0 Å². The maximum atomic E-state index is 11.9. The van der Waals surface area contributed by atoms with Crippen LogP contribution in [-0.4, -0.2) is 22.6 Å². The SMILES string of the molecule is O=C(O)c1ccc([N+](=O)[O-])c(OC(F)F)c1. The molecule has 0 saturated carbocycles. The van der Waals surface area contributed by atoms with Crippen molar-refractivity contribution in [1.82, 2.24) is 0 Å². The van der Waals surface area contributed by atoms with Crippen LogP contribution in [0, 0.1) is 10.1 Å². The van der Waals surface area contributed by atoms with Crippen LogP contribution in [0.2, 0.25) is 0 Å². The molecule has 0 amide bonds. The first kappa shape index (κ1) is 11.8. The maximum absolute atomic E-state index is 11.9. The van der Waals surface area contributed by atoms with Crippen molar-refractivity contribution < 1.29 is 28.3 Å². The number of benzene rings is 1. The first-order valence-electron chi connectivity index (χ1n) is 3.88. The van der Waals surface area contributed by atoms with Gasteiger partial charge in [-0.05, 0) is 6.07 Å². The lowest BCUT2D eigenvalue weighted by atomic mass is 10.2. The summed E-state index contributed by atoms with van der Waals surface area (Å²) in [5, 5.41) is 19.0. The van der Waals surface area contributed by atoms with Crippen molar-refractivity contribution in [3.8, 4) is 5.75 Å². The van der Waals surface area contributed by atoms with E-state index in [0.29, 0.717) is 6.07 Å². The quantitative estimate of drug-likeness (QED) is 0.633. The molecule has 0 fully saturated rings. The molecule has 1 rings (SSSR count). The summed E-state index contributed by atoms with van der Waals surface area (Å²) in [6.45, 7) is -3.26. The van der Waals surface area contributed by atoms with Gasteiger partial charge in [-0.1, -0.05) is 0 Å². The van der Waals surface area contributed by atoms with E-state index in [1.807, 2.05) is 0 Å². The number of nitro benzene ring substituents is 1. The van der Waals surface area contributed by atoms with E-state index >= 15 is 0 Å². The molecule has 1 aromatic rings. The number of carboxylic acids is 1. The van der Waals surface area contributed by atoms with Gasteiger partial charge in [0.25, 0.3) is 0 Å². The van der Waals surface area contributed by atoms with Gasteiger partial charge in [0.05, 0.1) is 10.5 Å². The molecule has 1 N–H and O–H groups in total. The van der Waals surface area contributed by atoms with E-state index in [0.717, 1.165) is 12.1 Å². The molecule has 0 atom stereocenters. The summed E-state index contributed by atoms with van der Waals surface area (Å²) in [4.78, 5) is 20.0. The van der Waals surface area contributed by atoms with Crippen LogP contribution >= 0.6 is 0 Å². The lowest BCUT2D eigenvalue weighted by Gasteiger charge is -2.05. The molecule has 0 aliphatic carbocycles. The van der Waals surface area contributed by atoms with Gasteiger partial charge in [0.1, 0.15) is 0 Å². The highest BCUT2D eigenvalue weighted by Gasteiger charge is 2.20. The third-order valence-corrected chi connectivity index (χ3v) is 1.62. The summed E-state index contributed by atoms with van der Waals surface area (Å²) in [6, 6.07) is 2.40. The Bertz CT molecular complexity index is 434. The fraction of sp³-hybridized carbons (Fsp3) is 0.125. The number of carbonyl (C=O) groups is 1. The zero-order chi connectivity index (χ0) is 12.3. The summed E-state index contributed by atoms with van der Waals surface area (Å²) < 4.78 is 27.7. The van der Waals surface area contributed by atoms with E-state index in [1.54, 1.807) is 0 Å². The second-order valence-corrected chi connectivity index (χ2v) is 2.62. The van der Waals surface area contributed by atoms with Crippen LogP contribution in [0.25, 0.3) is 0 Å². The van der Waals surface area contributed by atoms with Gasteiger partial charge in [-0.25, -0.2) is 4.79 Å². The van der Waals surface area contributed by atoms with E-state index in [9.17, 15) is 23.7 Å². The van der Waals surface area contributed by atoms with Crippen molar-refractivity contribution in [3.05, 3.63) is 33.9 Å². The molecule has 0 aromatic heterocycles. The number of nitrogens with zero attached hydrogens (tertiary/aromatic N) is 1. The Morgan fingerprint density at radius 2 is 2.12 bits per heavy atom. The fourth-order valence-corrected chi connectivity index (χ4v) is 0.988. The van der Waals surface area contributed by atoms with Gasteiger partial charge < -0.3 is 9.84 Å². The van der Waals surface area contributed by atoms with Crippen LogP contribution in [0.5, 0.6) is 5.75 Å². The van der Waals surface area contributed by atoms with Crippen molar-refractivity contribution in [2.75, 3.05) is 0 Å². The largest absolute Gasteiger partial charge is 0.478 e. The number of rotatable bonds is 4. The molecule has 1 aromatic carbocycles. The third kappa shape index (κ3) is 2.62. The average molecular weight is 233 g/mol. The Labute approximate surface area is 87.2 Å². The fourth-order valence-electron chi connectivity index (χ4n) is 0.988. The molecule has 0 aliphatic heterocycles. The normalized spacial score (nSPS) is 10.2. The summed E-state index contributed by atoms with van der Waals surface area (Å²) in [7, 11) is 0. The van der Waals surface area contributed by atoms with E-state index < -0.39 is 28.9 Å². The van der Waals surface area contributed by atoms with Crippen molar-refractivity contribution in [1.29, 1.82) is 0 Å². The monoisotopic (exact) mass is 233 g/mol. The Morgan fingerprint density at radius 3 is 2.56 bits per heavy atom. The van der Waals surface area contributed by atoms with E-state index in [4.69, 9.17) is 5.11 Å². The zero-order valence-corrected chi connectivity index (χ0v) is 7.59. The number of ether oxygens (including phenoxy) is 1. The first-order chi connectivity index (χ1) is 7.41. The van der Waals surface area contributed by atoms with Crippen molar-refractivity contribution in [2.24, 2.45) is 0 Å². The molecule has 8 heteroatoms. The molecular weight excluding hydrogens is 228 g/mol. The molecule has 16 heavy (non-hydrogen) atoms. The molecule has 0 bridgehead atoms. The van der Waals surface area contributed by atoms with Crippen LogP contribution in [0.15, 0.2) is 18.2 Å². The Balaban J connectivity index is 3.21. The van der Waals surface area contributed by atoms with Crippen LogP contribution in [0.3, 0.4) is 0 Å². The van der Waals surface area contributed by atoms with Gasteiger partial charge >= 0.3 is 18.3 Å². The first-order valence-corrected chi connectivity index (χ1v) is 3.88. The Hall–Kier alpha value is -2.25. The predicted octanol–water partition coefficient (Wildman–Crippen LogP) is 1.89. The zero-order valence-electron chi connectivity index (χ0n) is 7.59. The number of nitro groups is 1. The standard InChI is InChI=1S/C8H5F2NO5/c9-8(10)16-6-3-4(7(12)13)1-2-5(6)11(14)15/h1-3,8H,(H,12,13). The van der Waals surface area contributed by atoms with Gasteiger partial charge in [0.15, 0.2) is 0 Å². The minimum Gasteiger partial charge on any atom is -0.478 e. The highest BCUT2D eigenvalue weighted by molar-refractivity contribution is 5.88. The molecule has 0 spiro atoms. The minimum absolute atomic E-state index is 0.374. The number of carboxylic acid groups (broad SMARTS) is 1.